The lowest BCUT2D eigenvalue weighted by atomic mass is 10.1. The molecule has 0 spiro atoms. The average Bonchev–Trinajstić information content (AvgIpc) is 2.67. The summed E-state index contributed by atoms with van der Waals surface area (Å²) in [5.41, 5.74) is 6.56. The standard InChI is InChI=1S/C20H17N3O3/c1-14-4-2-3-5-18(14)20(25)23-22-19(24)15-6-8-16(9-7-15)26-17-10-12-21-13-11-17/h2-13H,1H3,(H,22,24)(H,23,25). The third-order valence-corrected chi connectivity index (χ3v) is 3.68. The number of nitrogens with one attached hydrogen (secondary N) is 2. The van der Waals surface area contributed by atoms with Crippen molar-refractivity contribution in [3.63, 3.8) is 0 Å². The number of pyridine rings is 1. The summed E-state index contributed by atoms with van der Waals surface area (Å²) in [6, 6.07) is 17.2. The molecule has 2 amide bonds. The van der Waals surface area contributed by atoms with E-state index in [2.05, 4.69) is 15.8 Å². The first-order valence-corrected chi connectivity index (χ1v) is 7.98. The molecule has 0 aliphatic rings. The number of carbonyl (C=O) groups is 2. The number of hydrazine groups is 1. The number of hydrogen-bond donors (Lipinski definition) is 2. The monoisotopic (exact) mass is 347 g/mol. The van der Waals surface area contributed by atoms with Gasteiger partial charge in [-0.15, -0.1) is 0 Å². The Morgan fingerprint density at radius 3 is 2.12 bits per heavy atom. The van der Waals surface area contributed by atoms with E-state index < -0.39 is 5.91 Å². The van der Waals surface area contributed by atoms with Crippen LogP contribution in [0.4, 0.5) is 0 Å². The van der Waals surface area contributed by atoms with E-state index in [1.807, 2.05) is 19.1 Å². The molecule has 1 heterocycles. The van der Waals surface area contributed by atoms with Crippen LogP contribution in [0.3, 0.4) is 0 Å². The number of aryl methyl sites for hydroxylation is 1. The topological polar surface area (TPSA) is 80.3 Å². The molecule has 3 rings (SSSR count). The lowest BCUT2D eigenvalue weighted by Gasteiger charge is -2.10. The van der Waals surface area contributed by atoms with Crippen LogP contribution in [0.25, 0.3) is 0 Å². The third-order valence-electron chi connectivity index (χ3n) is 3.68. The Labute approximate surface area is 150 Å². The number of nitrogens with zero attached hydrogens (tertiary/aromatic N) is 1. The highest BCUT2D eigenvalue weighted by molar-refractivity contribution is 5.99. The molecule has 0 saturated heterocycles. The summed E-state index contributed by atoms with van der Waals surface area (Å²) in [6.07, 6.45) is 3.27. The van der Waals surface area contributed by atoms with Crippen LogP contribution in [0.5, 0.6) is 11.5 Å². The Balaban J connectivity index is 1.58. The van der Waals surface area contributed by atoms with Crippen molar-refractivity contribution in [2.45, 2.75) is 6.92 Å². The van der Waals surface area contributed by atoms with Gasteiger partial charge in [-0.25, -0.2) is 0 Å². The molecule has 0 saturated carbocycles. The summed E-state index contributed by atoms with van der Waals surface area (Å²) in [7, 11) is 0. The summed E-state index contributed by atoms with van der Waals surface area (Å²) < 4.78 is 5.64. The Hall–Kier alpha value is -3.67. The zero-order valence-corrected chi connectivity index (χ0v) is 14.1. The molecule has 1 aromatic heterocycles. The van der Waals surface area contributed by atoms with Crippen LogP contribution in [-0.2, 0) is 0 Å². The van der Waals surface area contributed by atoms with Crippen LogP contribution < -0.4 is 15.6 Å². The number of aromatic nitrogens is 1. The molecule has 6 nitrogen and oxygen atoms in total. The van der Waals surface area contributed by atoms with Gasteiger partial charge in [0, 0.05) is 23.5 Å². The molecule has 0 aliphatic heterocycles. The Kier molecular flexibility index (Phi) is 5.24. The number of amides is 2. The SMILES string of the molecule is Cc1ccccc1C(=O)NNC(=O)c1ccc(Oc2ccncc2)cc1. The van der Waals surface area contributed by atoms with Crippen molar-refractivity contribution in [3.8, 4) is 11.5 Å². The van der Waals surface area contributed by atoms with Crippen molar-refractivity contribution < 1.29 is 14.3 Å². The summed E-state index contributed by atoms with van der Waals surface area (Å²) in [4.78, 5) is 28.2. The molecule has 6 heteroatoms. The fraction of sp³-hybridized carbons (Fsp3) is 0.0500. The minimum absolute atomic E-state index is 0.367. The zero-order chi connectivity index (χ0) is 18.4. The van der Waals surface area contributed by atoms with Crippen LogP contribution in [-0.4, -0.2) is 16.8 Å². The molecule has 2 N–H and O–H groups in total. The predicted octanol–water partition coefficient (Wildman–Crippen LogP) is 3.26. The van der Waals surface area contributed by atoms with E-state index in [4.69, 9.17) is 4.74 Å². The normalized spacial score (nSPS) is 10.0. The van der Waals surface area contributed by atoms with E-state index in [1.54, 1.807) is 60.9 Å². The van der Waals surface area contributed by atoms with Gasteiger partial charge >= 0.3 is 0 Å². The van der Waals surface area contributed by atoms with Gasteiger partial charge in [-0.2, -0.15) is 0 Å². The maximum atomic E-state index is 12.2. The summed E-state index contributed by atoms with van der Waals surface area (Å²) >= 11 is 0. The van der Waals surface area contributed by atoms with Gasteiger partial charge in [0.25, 0.3) is 11.8 Å². The highest BCUT2D eigenvalue weighted by Crippen LogP contribution is 2.20. The Morgan fingerprint density at radius 2 is 1.42 bits per heavy atom. The highest BCUT2D eigenvalue weighted by Gasteiger charge is 2.11. The molecule has 0 atom stereocenters. The second-order valence-electron chi connectivity index (χ2n) is 5.53. The van der Waals surface area contributed by atoms with E-state index in [0.717, 1.165) is 5.56 Å². The number of ether oxygens (including phenoxy) is 1. The molecule has 26 heavy (non-hydrogen) atoms. The van der Waals surface area contributed by atoms with Crippen LogP contribution >= 0.6 is 0 Å². The fourth-order valence-electron chi connectivity index (χ4n) is 2.30. The van der Waals surface area contributed by atoms with Crippen molar-refractivity contribution in [2.75, 3.05) is 0 Å². The van der Waals surface area contributed by atoms with E-state index >= 15 is 0 Å². The van der Waals surface area contributed by atoms with Gasteiger partial charge < -0.3 is 4.74 Å². The minimum Gasteiger partial charge on any atom is -0.457 e. The molecule has 0 aliphatic carbocycles. The Bertz CT molecular complexity index is 909. The zero-order valence-electron chi connectivity index (χ0n) is 14.1. The van der Waals surface area contributed by atoms with Crippen molar-refractivity contribution in [1.82, 2.24) is 15.8 Å². The minimum atomic E-state index is -0.414. The molecule has 130 valence electrons. The summed E-state index contributed by atoms with van der Waals surface area (Å²) in [5.74, 6) is 0.468. The summed E-state index contributed by atoms with van der Waals surface area (Å²) in [6.45, 7) is 1.83. The number of rotatable bonds is 4. The van der Waals surface area contributed by atoms with Crippen LogP contribution in [0.1, 0.15) is 26.3 Å². The van der Waals surface area contributed by atoms with Gasteiger partial charge in [-0.05, 0) is 55.0 Å². The fourth-order valence-corrected chi connectivity index (χ4v) is 2.30. The first-order valence-electron chi connectivity index (χ1n) is 7.98. The van der Waals surface area contributed by atoms with Gasteiger partial charge in [-0.1, -0.05) is 18.2 Å². The molecule has 0 bridgehead atoms. The van der Waals surface area contributed by atoms with Gasteiger partial charge in [0.1, 0.15) is 11.5 Å². The average molecular weight is 347 g/mol. The maximum absolute atomic E-state index is 12.2. The predicted molar refractivity (Wildman–Crippen MR) is 96.9 cm³/mol. The Morgan fingerprint density at radius 1 is 0.808 bits per heavy atom. The molecule has 3 aromatic rings. The lowest BCUT2D eigenvalue weighted by molar-refractivity contribution is 0.0846. The molecule has 0 radical (unpaired) electrons. The molecule has 2 aromatic carbocycles. The highest BCUT2D eigenvalue weighted by atomic mass is 16.5. The summed E-state index contributed by atoms with van der Waals surface area (Å²) in [5, 5.41) is 0. The first kappa shape index (κ1) is 17.2. The van der Waals surface area contributed by atoms with Crippen LogP contribution in [0, 0.1) is 6.92 Å². The molecular formula is C20H17N3O3. The van der Waals surface area contributed by atoms with Gasteiger partial charge in [0.05, 0.1) is 0 Å². The number of hydrogen-bond acceptors (Lipinski definition) is 4. The van der Waals surface area contributed by atoms with Crippen molar-refractivity contribution in [3.05, 3.63) is 89.7 Å². The lowest BCUT2D eigenvalue weighted by Crippen LogP contribution is -2.41. The smallest absolute Gasteiger partial charge is 0.269 e. The van der Waals surface area contributed by atoms with Crippen LogP contribution in [0.2, 0.25) is 0 Å². The largest absolute Gasteiger partial charge is 0.457 e. The molecule has 0 unspecified atom stereocenters. The number of benzene rings is 2. The van der Waals surface area contributed by atoms with Gasteiger partial charge in [0.15, 0.2) is 0 Å². The van der Waals surface area contributed by atoms with E-state index in [-0.39, 0.29) is 5.91 Å². The van der Waals surface area contributed by atoms with Gasteiger partial charge in [-0.3, -0.25) is 25.4 Å². The second kappa shape index (κ2) is 7.94. The number of carbonyl (C=O) groups excluding carboxylic acids is 2. The van der Waals surface area contributed by atoms with Gasteiger partial charge in [0.2, 0.25) is 0 Å². The molecular weight excluding hydrogens is 330 g/mol. The third kappa shape index (κ3) is 4.24. The van der Waals surface area contributed by atoms with Crippen molar-refractivity contribution in [2.24, 2.45) is 0 Å². The first-order chi connectivity index (χ1) is 12.6. The maximum Gasteiger partial charge on any atom is 0.269 e. The van der Waals surface area contributed by atoms with Crippen molar-refractivity contribution in [1.29, 1.82) is 0 Å². The quantitative estimate of drug-likeness (QED) is 0.710. The van der Waals surface area contributed by atoms with E-state index in [9.17, 15) is 9.59 Å². The van der Waals surface area contributed by atoms with Crippen molar-refractivity contribution >= 4 is 11.8 Å². The molecule has 0 fully saturated rings. The second-order valence-corrected chi connectivity index (χ2v) is 5.53. The van der Waals surface area contributed by atoms with E-state index in [1.165, 1.54) is 0 Å². The van der Waals surface area contributed by atoms with E-state index in [0.29, 0.717) is 22.6 Å². The van der Waals surface area contributed by atoms with Crippen LogP contribution in [0.15, 0.2) is 73.1 Å².